The van der Waals surface area contributed by atoms with Gasteiger partial charge >= 0.3 is 0 Å². The van der Waals surface area contributed by atoms with Crippen molar-refractivity contribution < 1.29 is 14.3 Å². The van der Waals surface area contributed by atoms with Crippen molar-refractivity contribution in [3.05, 3.63) is 23.8 Å². The van der Waals surface area contributed by atoms with Crippen LogP contribution in [0, 0.1) is 0 Å². The Morgan fingerprint density at radius 2 is 2.32 bits per heavy atom. The van der Waals surface area contributed by atoms with Gasteiger partial charge in [0.25, 0.3) is 0 Å². The lowest BCUT2D eigenvalue weighted by molar-refractivity contribution is -0.119. The maximum absolute atomic E-state index is 11.1. The number of hydrogen-bond acceptors (Lipinski definition) is 4. The van der Waals surface area contributed by atoms with Crippen molar-refractivity contribution in [2.75, 3.05) is 20.3 Å². The number of carbonyl (C=O) groups excluding carboxylic acids is 1. The van der Waals surface area contributed by atoms with E-state index in [2.05, 4.69) is 10.6 Å². The Morgan fingerprint density at radius 3 is 2.95 bits per heavy atom. The smallest absolute Gasteiger partial charge is 0.221 e. The molecular weight excluding hydrogens is 244 g/mol. The van der Waals surface area contributed by atoms with Crippen molar-refractivity contribution in [1.82, 2.24) is 10.6 Å². The zero-order valence-corrected chi connectivity index (χ0v) is 11.4. The van der Waals surface area contributed by atoms with Crippen LogP contribution in [0.25, 0.3) is 0 Å². The quantitative estimate of drug-likeness (QED) is 0.807. The highest BCUT2D eigenvalue weighted by atomic mass is 16.5. The molecule has 0 bridgehead atoms. The summed E-state index contributed by atoms with van der Waals surface area (Å²) < 4.78 is 11.0. The number of ether oxygens (including phenoxy) is 2. The van der Waals surface area contributed by atoms with E-state index in [1.54, 1.807) is 7.11 Å². The minimum absolute atomic E-state index is 0.104. The van der Waals surface area contributed by atoms with Crippen LogP contribution < -0.4 is 20.1 Å². The monoisotopic (exact) mass is 264 g/mol. The van der Waals surface area contributed by atoms with Crippen molar-refractivity contribution in [2.45, 2.75) is 25.9 Å². The first-order valence-electron chi connectivity index (χ1n) is 6.53. The summed E-state index contributed by atoms with van der Waals surface area (Å²) in [4.78, 5) is 11.1. The van der Waals surface area contributed by atoms with E-state index in [0.717, 1.165) is 17.1 Å². The van der Waals surface area contributed by atoms with Gasteiger partial charge in [-0.05, 0) is 13.0 Å². The van der Waals surface area contributed by atoms with E-state index in [4.69, 9.17) is 9.47 Å². The largest absolute Gasteiger partial charge is 0.493 e. The molecular formula is C14H20N2O3. The van der Waals surface area contributed by atoms with Crippen LogP contribution in [0.5, 0.6) is 11.5 Å². The van der Waals surface area contributed by atoms with Gasteiger partial charge in [0, 0.05) is 31.1 Å². The number of amides is 1. The summed E-state index contributed by atoms with van der Waals surface area (Å²) in [5.41, 5.74) is 1.03. The molecule has 1 heterocycles. The van der Waals surface area contributed by atoms with Gasteiger partial charge in [-0.1, -0.05) is 12.1 Å². The van der Waals surface area contributed by atoms with Crippen LogP contribution in [0.15, 0.2) is 18.2 Å². The Balaban J connectivity index is 2.02. The molecule has 2 rings (SSSR count). The van der Waals surface area contributed by atoms with Crippen molar-refractivity contribution in [2.24, 2.45) is 0 Å². The van der Waals surface area contributed by atoms with E-state index in [0.29, 0.717) is 26.1 Å². The lowest BCUT2D eigenvalue weighted by atomic mass is 10.1. The molecule has 104 valence electrons. The number of para-hydroxylation sites is 1. The molecule has 1 atom stereocenters. The van der Waals surface area contributed by atoms with Gasteiger partial charge in [-0.15, -0.1) is 0 Å². The van der Waals surface area contributed by atoms with Crippen LogP contribution in [0.4, 0.5) is 0 Å². The number of nitrogens with one attached hydrogen (secondary N) is 2. The Bertz CT molecular complexity index is 448. The highest BCUT2D eigenvalue weighted by molar-refractivity contribution is 5.78. The fraction of sp³-hybridized carbons (Fsp3) is 0.500. The van der Waals surface area contributed by atoms with Crippen LogP contribution in [0.2, 0.25) is 0 Å². The van der Waals surface area contributed by atoms with Gasteiger partial charge in [0.2, 0.25) is 5.91 Å². The average molecular weight is 264 g/mol. The predicted molar refractivity (Wildman–Crippen MR) is 72.4 cm³/mol. The first-order valence-corrected chi connectivity index (χ1v) is 6.53. The molecule has 1 unspecified atom stereocenters. The first kappa shape index (κ1) is 13.7. The van der Waals surface area contributed by atoms with Crippen LogP contribution in [0.1, 0.15) is 18.9 Å². The molecule has 19 heavy (non-hydrogen) atoms. The van der Waals surface area contributed by atoms with Gasteiger partial charge in [-0.25, -0.2) is 0 Å². The molecule has 1 aromatic carbocycles. The predicted octanol–water partition coefficient (Wildman–Crippen LogP) is 1.07. The zero-order valence-electron chi connectivity index (χ0n) is 11.4. The zero-order chi connectivity index (χ0) is 13.7. The van der Waals surface area contributed by atoms with Gasteiger partial charge in [0.1, 0.15) is 0 Å². The molecule has 5 nitrogen and oxygen atoms in total. The second-order valence-electron chi connectivity index (χ2n) is 4.47. The normalized spacial score (nSPS) is 18.2. The SMILES string of the molecule is CCOc1cccc(CNC2CNC(=O)C2)c1OC. The van der Waals surface area contributed by atoms with Crippen molar-refractivity contribution >= 4 is 5.91 Å². The molecule has 1 amide bonds. The Labute approximate surface area is 113 Å². The maximum atomic E-state index is 11.1. The molecule has 1 aromatic rings. The van der Waals surface area contributed by atoms with Gasteiger partial charge in [-0.2, -0.15) is 0 Å². The second kappa shape index (κ2) is 6.43. The van der Waals surface area contributed by atoms with E-state index in [1.165, 1.54) is 0 Å². The maximum Gasteiger partial charge on any atom is 0.221 e. The fourth-order valence-electron chi connectivity index (χ4n) is 2.21. The van der Waals surface area contributed by atoms with Gasteiger partial charge < -0.3 is 20.1 Å². The molecule has 0 aliphatic carbocycles. The number of carbonyl (C=O) groups is 1. The fourth-order valence-corrected chi connectivity index (χ4v) is 2.21. The first-order chi connectivity index (χ1) is 9.24. The molecule has 0 aromatic heterocycles. The number of hydrogen-bond donors (Lipinski definition) is 2. The van der Waals surface area contributed by atoms with Gasteiger partial charge in [-0.3, -0.25) is 4.79 Å². The summed E-state index contributed by atoms with van der Waals surface area (Å²) >= 11 is 0. The molecule has 2 N–H and O–H groups in total. The van der Waals surface area contributed by atoms with Crippen molar-refractivity contribution in [3.63, 3.8) is 0 Å². The third-order valence-corrected chi connectivity index (χ3v) is 3.12. The van der Waals surface area contributed by atoms with E-state index < -0.39 is 0 Å². The minimum atomic E-state index is 0.104. The average Bonchev–Trinajstić information content (AvgIpc) is 2.83. The summed E-state index contributed by atoms with van der Waals surface area (Å²) in [6.45, 7) is 3.89. The van der Waals surface area contributed by atoms with Gasteiger partial charge in [0.15, 0.2) is 11.5 Å². The molecule has 1 saturated heterocycles. The summed E-state index contributed by atoms with van der Waals surface area (Å²) in [7, 11) is 1.64. The van der Waals surface area contributed by atoms with E-state index >= 15 is 0 Å². The second-order valence-corrected chi connectivity index (χ2v) is 4.47. The highest BCUT2D eigenvalue weighted by Gasteiger charge is 2.21. The van der Waals surface area contributed by atoms with Crippen LogP contribution in [-0.2, 0) is 11.3 Å². The number of benzene rings is 1. The number of methoxy groups -OCH3 is 1. The standard InChI is InChI=1S/C14H20N2O3/c1-3-19-12-6-4-5-10(14(12)18-2)8-15-11-7-13(17)16-9-11/h4-6,11,15H,3,7-9H2,1-2H3,(H,16,17). The Hall–Kier alpha value is -1.75. The number of rotatable bonds is 6. The molecule has 1 aliphatic heterocycles. The van der Waals surface area contributed by atoms with E-state index in [1.807, 2.05) is 25.1 Å². The molecule has 0 saturated carbocycles. The summed E-state index contributed by atoms with van der Waals surface area (Å²) in [5.74, 6) is 1.62. The van der Waals surface area contributed by atoms with E-state index in [9.17, 15) is 4.79 Å². The van der Waals surface area contributed by atoms with Crippen LogP contribution in [0.3, 0.4) is 0 Å². The lowest BCUT2D eigenvalue weighted by Crippen LogP contribution is -2.30. The van der Waals surface area contributed by atoms with Crippen LogP contribution >= 0.6 is 0 Å². The van der Waals surface area contributed by atoms with Gasteiger partial charge in [0.05, 0.1) is 13.7 Å². The Kier molecular flexibility index (Phi) is 4.63. The summed E-state index contributed by atoms with van der Waals surface area (Å²) in [6, 6.07) is 6.03. The van der Waals surface area contributed by atoms with Crippen molar-refractivity contribution in [3.8, 4) is 11.5 Å². The molecule has 0 radical (unpaired) electrons. The van der Waals surface area contributed by atoms with E-state index in [-0.39, 0.29) is 11.9 Å². The Morgan fingerprint density at radius 1 is 1.47 bits per heavy atom. The lowest BCUT2D eigenvalue weighted by Gasteiger charge is -2.15. The highest BCUT2D eigenvalue weighted by Crippen LogP contribution is 2.31. The minimum Gasteiger partial charge on any atom is -0.493 e. The third kappa shape index (κ3) is 3.38. The third-order valence-electron chi connectivity index (χ3n) is 3.12. The summed E-state index contributed by atoms with van der Waals surface area (Å²) in [5, 5.41) is 6.16. The molecule has 5 heteroatoms. The van der Waals surface area contributed by atoms with Crippen LogP contribution in [-0.4, -0.2) is 32.2 Å². The molecule has 0 spiro atoms. The molecule has 1 fully saturated rings. The topological polar surface area (TPSA) is 59.6 Å². The molecule has 1 aliphatic rings. The van der Waals surface area contributed by atoms with Crippen molar-refractivity contribution in [1.29, 1.82) is 0 Å². The summed E-state index contributed by atoms with van der Waals surface area (Å²) in [6.07, 6.45) is 0.535.